The molecule has 3 N–H and O–H groups in total. The van der Waals surface area contributed by atoms with Crippen LogP contribution in [-0.2, 0) is 0 Å². The van der Waals surface area contributed by atoms with Crippen molar-refractivity contribution in [2.45, 2.75) is 19.9 Å². The number of nitrogens with zero attached hydrogens (tertiary/aromatic N) is 3. The molecule has 136 valence electrons. The number of hydrogen-bond acceptors (Lipinski definition) is 6. The van der Waals surface area contributed by atoms with Crippen LogP contribution in [0.2, 0.25) is 0 Å². The number of nitrogens with one attached hydrogen (secondary N) is 1. The lowest BCUT2D eigenvalue weighted by Crippen LogP contribution is -2.21. The highest BCUT2D eigenvalue weighted by Crippen LogP contribution is 2.26. The molecule has 0 aliphatic carbocycles. The van der Waals surface area contributed by atoms with Gasteiger partial charge in [-0.25, -0.2) is 4.79 Å². The van der Waals surface area contributed by atoms with Gasteiger partial charge in [0.1, 0.15) is 11.7 Å². The molecule has 0 bridgehead atoms. The minimum absolute atomic E-state index is 0.112. The number of benzene rings is 1. The van der Waals surface area contributed by atoms with Crippen molar-refractivity contribution in [2.75, 3.05) is 5.32 Å². The van der Waals surface area contributed by atoms with E-state index in [9.17, 15) is 19.8 Å². The van der Waals surface area contributed by atoms with Crippen LogP contribution in [-0.4, -0.2) is 25.6 Å². The molecule has 0 aliphatic heterocycles. The van der Waals surface area contributed by atoms with E-state index in [0.29, 0.717) is 11.3 Å². The number of rotatable bonds is 4. The molecule has 8 nitrogen and oxygen atoms in total. The fourth-order valence-electron chi connectivity index (χ4n) is 2.92. The number of para-hydroxylation sites is 1. The Morgan fingerprint density at radius 1 is 1.37 bits per heavy atom. The van der Waals surface area contributed by atoms with E-state index >= 15 is 0 Å². The maximum absolute atomic E-state index is 12.5. The first-order valence-corrected chi connectivity index (χ1v) is 8.08. The van der Waals surface area contributed by atoms with Gasteiger partial charge in [0.05, 0.1) is 11.6 Å². The van der Waals surface area contributed by atoms with Gasteiger partial charge in [0.25, 0.3) is 5.56 Å². The van der Waals surface area contributed by atoms with Gasteiger partial charge in [-0.3, -0.25) is 9.20 Å². The van der Waals surface area contributed by atoms with E-state index in [-0.39, 0.29) is 11.2 Å². The fraction of sp³-hybridized carbons (Fsp3) is 0.158. The predicted molar refractivity (Wildman–Crippen MR) is 98.0 cm³/mol. The monoisotopic (exact) mass is 364 g/mol. The van der Waals surface area contributed by atoms with Crippen LogP contribution >= 0.6 is 0 Å². The summed E-state index contributed by atoms with van der Waals surface area (Å²) in [4.78, 5) is 27.9. The van der Waals surface area contributed by atoms with E-state index in [1.807, 2.05) is 0 Å². The number of aryl methyl sites for hydroxylation is 1. The summed E-state index contributed by atoms with van der Waals surface area (Å²) in [5.41, 5.74) is 0.945. The van der Waals surface area contributed by atoms with Crippen molar-refractivity contribution in [2.24, 2.45) is 0 Å². The maximum atomic E-state index is 12.5. The summed E-state index contributed by atoms with van der Waals surface area (Å²) in [5.74, 6) is -1.70. The summed E-state index contributed by atoms with van der Waals surface area (Å²) in [7, 11) is 0. The van der Waals surface area contributed by atoms with Crippen molar-refractivity contribution in [3.05, 3.63) is 69.1 Å². The van der Waals surface area contributed by atoms with Crippen molar-refractivity contribution < 1.29 is 15.0 Å². The number of carbonyl (C=O) groups is 1. The molecule has 8 heteroatoms. The zero-order valence-electron chi connectivity index (χ0n) is 14.6. The molecule has 1 unspecified atom stereocenters. The summed E-state index contributed by atoms with van der Waals surface area (Å²) in [6.45, 7) is 3.57. The number of pyridine rings is 1. The minimum atomic E-state index is -1.06. The van der Waals surface area contributed by atoms with Crippen molar-refractivity contribution >= 4 is 17.3 Å². The fourth-order valence-corrected chi connectivity index (χ4v) is 2.92. The molecule has 0 fully saturated rings. The highest BCUT2D eigenvalue weighted by molar-refractivity contribution is 5.94. The second-order valence-corrected chi connectivity index (χ2v) is 6.11. The number of carboxylic acid groups (broad SMARTS) is 1. The van der Waals surface area contributed by atoms with Gasteiger partial charge in [-0.2, -0.15) is 10.2 Å². The summed E-state index contributed by atoms with van der Waals surface area (Å²) in [5, 5.41) is 31.4. The van der Waals surface area contributed by atoms with Crippen molar-refractivity contribution in [1.29, 1.82) is 5.26 Å². The van der Waals surface area contributed by atoms with E-state index in [1.165, 1.54) is 16.7 Å². The van der Waals surface area contributed by atoms with Crippen LogP contribution in [0, 0.1) is 18.3 Å². The molecule has 1 atom stereocenters. The number of aromatic nitrogens is 2. The first kappa shape index (κ1) is 17.9. The van der Waals surface area contributed by atoms with Gasteiger partial charge in [-0.05, 0) is 37.6 Å². The van der Waals surface area contributed by atoms with E-state index in [4.69, 9.17) is 5.26 Å². The molecule has 0 radical (unpaired) electrons. The maximum Gasteiger partial charge on any atom is 0.337 e. The summed E-state index contributed by atoms with van der Waals surface area (Å²) in [6.07, 6.45) is 1.53. The molecule has 0 spiro atoms. The number of fused-ring (bicyclic) bond motifs is 1. The molecule has 0 aliphatic rings. The lowest BCUT2D eigenvalue weighted by molar-refractivity contribution is 0.0698. The average Bonchev–Trinajstić information content (AvgIpc) is 2.62. The highest BCUT2D eigenvalue weighted by atomic mass is 16.4. The van der Waals surface area contributed by atoms with Gasteiger partial charge >= 0.3 is 5.97 Å². The van der Waals surface area contributed by atoms with Gasteiger partial charge in [-0.15, -0.1) is 0 Å². The topological polar surface area (TPSA) is 128 Å². The lowest BCUT2D eigenvalue weighted by atomic mass is 10.1. The number of nitriles is 1. The van der Waals surface area contributed by atoms with Crippen LogP contribution in [0.1, 0.15) is 40.0 Å². The molecule has 0 amide bonds. The second-order valence-electron chi connectivity index (χ2n) is 6.11. The quantitative estimate of drug-likeness (QED) is 0.649. The van der Waals surface area contributed by atoms with Gasteiger partial charge < -0.3 is 15.5 Å². The molecule has 0 saturated heterocycles. The van der Waals surface area contributed by atoms with Gasteiger partial charge in [0.15, 0.2) is 5.56 Å². The van der Waals surface area contributed by atoms with E-state index in [1.54, 1.807) is 44.2 Å². The Morgan fingerprint density at radius 2 is 2.07 bits per heavy atom. The van der Waals surface area contributed by atoms with Crippen LogP contribution in [0.25, 0.3) is 5.65 Å². The van der Waals surface area contributed by atoms with Crippen molar-refractivity contribution in [3.8, 4) is 11.9 Å². The summed E-state index contributed by atoms with van der Waals surface area (Å²) < 4.78 is 1.21. The molecular formula is C19H16N4O4. The normalized spacial score (nSPS) is 11.7. The minimum Gasteiger partial charge on any atom is -0.492 e. The van der Waals surface area contributed by atoms with E-state index < -0.39 is 29.0 Å². The standard InChI is InChI=1S/C19H16N4O4/c1-10-7-13(11(2)21-15-6-4-3-5-12(15)19(26)27)16-22-17(24)14(8-20)18(25)23(16)9-10/h3-7,9,11,21,24H,1-2H3,(H,26,27). The first-order chi connectivity index (χ1) is 12.8. The number of aromatic carboxylic acids is 1. The zero-order chi connectivity index (χ0) is 19.7. The molecule has 2 heterocycles. The van der Waals surface area contributed by atoms with E-state index in [0.717, 1.165) is 5.56 Å². The Bertz CT molecular complexity index is 1160. The Morgan fingerprint density at radius 3 is 2.74 bits per heavy atom. The highest BCUT2D eigenvalue weighted by Gasteiger charge is 2.19. The molecule has 27 heavy (non-hydrogen) atoms. The van der Waals surface area contributed by atoms with Crippen molar-refractivity contribution in [3.63, 3.8) is 0 Å². The predicted octanol–water partition coefficient (Wildman–Crippen LogP) is 2.45. The third-order valence-electron chi connectivity index (χ3n) is 4.18. The number of carboxylic acids is 1. The SMILES string of the molecule is Cc1cc(C(C)Nc2ccccc2C(=O)O)c2nc(O)c(C#N)c(=O)n2c1. The van der Waals surface area contributed by atoms with Crippen LogP contribution in [0.4, 0.5) is 5.69 Å². The summed E-state index contributed by atoms with van der Waals surface area (Å²) in [6, 6.07) is 9.48. The van der Waals surface area contributed by atoms with Gasteiger partial charge in [0.2, 0.25) is 5.88 Å². The molecule has 1 aromatic carbocycles. The van der Waals surface area contributed by atoms with Crippen LogP contribution in [0.3, 0.4) is 0 Å². The van der Waals surface area contributed by atoms with Crippen LogP contribution < -0.4 is 10.9 Å². The summed E-state index contributed by atoms with van der Waals surface area (Å²) >= 11 is 0. The molecule has 0 saturated carbocycles. The number of aromatic hydroxyl groups is 1. The zero-order valence-corrected chi connectivity index (χ0v) is 14.6. The Hall–Kier alpha value is -3.86. The van der Waals surface area contributed by atoms with Gasteiger partial charge in [0, 0.05) is 17.4 Å². The Kier molecular flexibility index (Phi) is 4.52. The number of anilines is 1. The molecule has 3 rings (SSSR count). The smallest absolute Gasteiger partial charge is 0.337 e. The third kappa shape index (κ3) is 3.18. The van der Waals surface area contributed by atoms with Gasteiger partial charge in [-0.1, -0.05) is 12.1 Å². The second kappa shape index (κ2) is 6.80. The number of hydrogen-bond donors (Lipinski definition) is 3. The van der Waals surface area contributed by atoms with Crippen LogP contribution in [0.5, 0.6) is 5.88 Å². The van der Waals surface area contributed by atoms with E-state index in [2.05, 4.69) is 10.3 Å². The lowest BCUT2D eigenvalue weighted by Gasteiger charge is -2.19. The average molecular weight is 364 g/mol. The van der Waals surface area contributed by atoms with Crippen molar-refractivity contribution in [1.82, 2.24) is 9.38 Å². The third-order valence-corrected chi connectivity index (χ3v) is 4.18. The first-order valence-electron chi connectivity index (χ1n) is 8.08. The molecule has 3 aromatic rings. The molecule has 2 aromatic heterocycles. The Labute approximate surface area is 154 Å². The Balaban J connectivity index is 2.16. The largest absolute Gasteiger partial charge is 0.492 e. The van der Waals surface area contributed by atoms with Crippen LogP contribution in [0.15, 0.2) is 41.3 Å². The molecular weight excluding hydrogens is 348 g/mol.